The van der Waals surface area contributed by atoms with Crippen LogP contribution in [0.2, 0.25) is 0 Å². The third-order valence-electron chi connectivity index (χ3n) is 2.42. The highest BCUT2D eigenvalue weighted by Gasteiger charge is 2.15. The summed E-state index contributed by atoms with van der Waals surface area (Å²) in [4.78, 5) is 7.92. The van der Waals surface area contributed by atoms with Crippen LogP contribution in [0.1, 0.15) is 5.56 Å². The number of nitrogens with zero attached hydrogens (tertiary/aromatic N) is 2. The van der Waals surface area contributed by atoms with Gasteiger partial charge in [-0.2, -0.15) is 0 Å². The van der Waals surface area contributed by atoms with Crippen molar-refractivity contribution in [3.63, 3.8) is 0 Å². The van der Waals surface area contributed by atoms with Gasteiger partial charge < -0.3 is 5.32 Å². The van der Waals surface area contributed by atoms with Gasteiger partial charge in [0.2, 0.25) is 5.95 Å². The molecule has 0 fully saturated rings. The molecule has 3 nitrogen and oxygen atoms in total. The molecule has 0 aliphatic carbocycles. The standard InChI is InChI=1S/C12H11F2N3/c1-7-3-4-8(13)10(11(7)14)9-5-6-16-12(15-2)17-9/h3-6H,1-2H3,(H,15,16,17). The third kappa shape index (κ3) is 2.08. The average molecular weight is 235 g/mol. The Kier molecular flexibility index (Phi) is 2.99. The molecule has 1 heterocycles. The van der Waals surface area contributed by atoms with Gasteiger partial charge in [-0.05, 0) is 24.6 Å². The zero-order valence-electron chi connectivity index (χ0n) is 9.46. The summed E-state index contributed by atoms with van der Waals surface area (Å²) >= 11 is 0. The van der Waals surface area contributed by atoms with Crippen molar-refractivity contribution in [2.45, 2.75) is 6.92 Å². The molecule has 0 saturated heterocycles. The largest absolute Gasteiger partial charge is 0.357 e. The lowest BCUT2D eigenvalue weighted by Gasteiger charge is -2.07. The maximum atomic E-state index is 13.9. The van der Waals surface area contributed by atoms with E-state index in [1.54, 1.807) is 14.0 Å². The molecule has 0 spiro atoms. The molecule has 2 rings (SSSR count). The molecule has 0 bridgehead atoms. The molecular weight excluding hydrogens is 224 g/mol. The van der Waals surface area contributed by atoms with Gasteiger partial charge in [0.1, 0.15) is 11.6 Å². The highest BCUT2D eigenvalue weighted by atomic mass is 19.1. The fourth-order valence-electron chi connectivity index (χ4n) is 1.51. The van der Waals surface area contributed by atoms with Gasteiger partial charge >= 0.3 is 0 Å². The fourth-order valence-corrected chi connectivity index (χ4v) is 1.51. The first kappa shape index (κ1) is 11.4. The molecule has 88 valence electrons. The van der Waals surface area contributed by atoms with Crippen molar-refractivity contribution in [1.29, 1.82) is 0 Å². The molecule has 0 atom stereocenters. The molecule has 0 aliphatic rings. The number of halogens is 2. The lowest BCUT2D eigenvalue weighted by molar-refractivity contribution is 0.583. The molecule has 0 amide bonds. The van der Waals surface area contributed by atoms with E-state index in [1.807, 2.05) is 0 Å². The van der Waals surface area contributed by atoms with Crippen LogP contribution in [0.25, 0.3) is 11.3 Å². The number of anilines is 1. The van der Waals surface area contributed by atoms with Gasteiger partial charge in [-0.15, -0.1) is 0 Å². The molecule has 0 aliphatic heterocycles. The van der Waals surface area contributed by atoms with E-state index in [2.05, 4.69) is 15.3 Å². The van der Waals surface area contributed by atoms with Gasteiger partial charge in [0.05, 0.1) is 11.3 Å². The quantitative estimate of drug-likeness (QED) is 0.869. The molecular formula is C12H11F2N3. The van der Waals surface area contributed by atoms with Crippen molar-refractivity contribution in [2.24, 2.45) is 0 Å². The van der Waals surface area contributed by atoms with Gasteiger partial charge in [-0.3, -0.25) is 0 Å². The Morgan fingerprint density at radius 2 is 1.94 bits per heavy atom. The second-order valence-electron chi connectivity index (χ2n) is 3.57. The van der Waals surface area contributed by atoms with E-state index in [9.17, 15) is 8.78 Å². The highest BCUT2D eigenvalue weighted by molar-refractivity contribution is 5.62. The minimum Gasteiger partial charge on any atom is -0.357 e. The zero-order valence-corrected chi connectivity index (χ0v) is 9.46. The molecule has 1 N–H and O–H groups in total. The van der Waals surface area contributed by atoms with Crippen LogP contribution in [-0.4, -0.2) is 17.0 Å². The van der Waals surface area contributed by atoms with Crippen LogP contribution in [0.4, 0.5) is 14.7 Å². The minimum absolute atomic E-state index is 0.121. The SMILES string of the molecule is CNc1nccc(-c2c(F)ccc(C)c2F)n1. The van der Waals surface area contributed by atoms with E-state index >= 15 is 0 Å². The topological polar surface area (TPSA) is 37.8 Å². The summed E-state index contributed by atoms with van der Waals surface area (Å²) in [7, 11) is 1.64. The van der Waals surface area contributed by atoms with Crippen LogP contribution in [0, 0.1) is 18.6 Å². The number of benzene rings is 1. The molecule has 5 heteroatoms. The summed E-state index contributed by atoms with van der Waals surface area (Å²) in [5, 5.41) is 2.72. The van der Waals surface area contributed by atoms with Crippen LogP contribution in [0.5, 0.6) is 0 Å². The van der Waals surface area contributed by atoms with Crippen molar-refractivity contribution in [3.8, 4) is 11.3 Å². The summed E-state index contributed by atoms with van der Waals surface area (Å²) in [5.41, 5.74) is 0.484. The summed E-state index contributed by atoms with van der Waals surface area (Å²) in [6, 6.07) is 4.10. The van der Waals surface area contributed by atoms with E-state index in [4.69, 9.17) is 0 Å². The van der Waals surface area contributed by atoms with E-state index in [-0.39, 0.29) is 11.3 Å². The van der Waals surface area contributed by atoms with Crippen LogP contribution >= 0.6 is 0 Å². The van der Waals surface area contributed by atoms with Crippen LogP contribution in [0.15, 0.2) is 24.4 Å². The molecule has 0 unspecified atom stereocenters. The lowest BCUT2D eigenvalue weighted by Crippen LogP contribution is -2.00. The number of rotatable bonds is 2. The van der Waals surface area contributed by atoms with E-state index in [0.717, 1.165) is 0 Å². The Labute approximate surface area is 97.5 Å². The van der Waals surface area contributed by atoms with Crippen LogP contribution < -0.4 is 5.32 Å². The first-order valence-electron chi connectivity index (χ1n) is 5.09. The Hall–Kier alpha value is -2.04. The molecule has 17 heavy (non-hydrogen) atoms. The van der Waals surface area contributed by atoms with Gasteiger partial charge in [0.25, 0.3) is 0 Å². The van der Waals surface area contributed by atoms with Crippen molar-refractivity contribution in [2.75, 3.05) is 12.4 Å². The summed E-state index contributed by atoms with van der Waals surface area (Å²) < 4.78 is 27.5. The predicted octanol–water partition coefficient (Wildman–Crippen LogP) is 2.77. The number of hydrogen-bond acceptors (Lipinski definition) is 3. The Balaban J connectivity index is 2.63. The summed E-state index contributed by atoms with van der Waals surface area (Å²) in [5.74, 6) is -0.901. The zero-order chi connectivity index (χ0) is 12.4. The number of aromatic nitrogens is 2. The van der Waals surface area contributed by atoms with Crippen molar-refractivity contribution in [1.82, 2.24) is 9.97 Å². The van der Waals surface area contributed by atoms with Crippen molar-refractivity contribution >= 4 is 5.95 Å². The predicted molar refractivity (Wildman–Crippen MR) is 61.7 cm³/mol. The Bertz CT molecular complexity index is 555. The van der Waals surface area contributed by atoms with E-state index in [1.165, 1.54) is 24.4 Å². The average Bonchev–Trinajstić information content (AvgIpc) is 2.35. The maximum absolute atomic E-state index is 13.9. The molecule has 2 aromatic rings. The Morgan fingerprint density at radius 3 is 2.65 bits per heavy atom. The summed E-state index contributed by atoms with van der Waals surface area (Å²) in [6.07, 6.45) is 1.45. The smallest absolute Gasteiger partial charge is 0.222 e. The molecule has 1 aromatic carbocycles. The van der Waals surface area contributed by atoms with Gasteiger partial charge in [0.15, 0.2) is 0 Å². The van der Waals surface area contributed by atoms with Gasteiger partial charge in [-0.25, -0.2) is 18.7 Å². The molecule has 0 radical (unpaired) electrons. The molecule has 0 saturated carbocycles. The first-order valence-corrected chi connectivity index (χ1v) is 5.09. The van der Waals surface area contributed by atoms with Gasteiger partial charge in [-0.1, -0.05) is 6.07 Å². The minimum atomic E-state index is -0.631. The third-order valence-corrected chi connectivity index (χ3v) is 2.42. The number of aryl methyl sites for hydroxylation is 1. The van der Waals surface area contributed by atoms with E-state index < -0.39 is 11.6 Å². The van der Waals surface area contributed by atoms with E-state index in [0.29, 0.717) is 11.5 Å². The second kappa shape index (κ2) is 4.45. The second-order valence-corrected chi connectivity index (χ2v) is 3.57. The van der Waals surface area contributed by atoms with Gasteiger partial charge in [0, 0.05) is 13.2 Å². The Morgan fingerprint density at radius 1 is 1.18 bits per heavy atom. The number of nitrogens with one attached hydrogen (secondary N) is 1. The van der Waals surface area contributed by atoms with Crippen molar-refractivity contribution in [3.05, 3.63) is 41.6 Å². The van der Waals surface area contributed by atoms with Crippen molar-refractivity contribution < 1.29 is 8.78 Å². The molecule has 1 aromatic heterocycles. The maximum Gasteiger partial charge on any atom is 0.222 e. The number of hydrogen-bond donors (Lipinski definition) is 1. The lowest BCUT2D eigenvalue weighted by atomic mass is 10.1. The first-order chi connectivity index (χ1) is 8.13. The monoisotopic (exact) mass is 235 g/mol. The normalized spacial score (nSPS) is 10.4. The summed E-state index contributed by atoms with van der Waals surface area (Å²) in [6.45, 7) is 1.58. The van der Waals surface area contributed by atoms with Crippen LogP contribution in [-0.2, 0) is 0 Å². The fraction of sp³-hybridized carbons (Fsp3) is 0.167. The highest BCUT2D eigenvalue weighted by Crippen LogP contribution is 2.26. The van der Waals surface area contributed by atoms with Crippen LogP contribution in [0.3, 0.4) is 0 Å².